The molecule has 0 amide bonds. The third-order valence-corrected chi connectivity index (χ3v) is 2.66. The highest BCUT2D eigenvalue weighted by atomic mass is 16.1. The molecule has 0 aromatic heterocycles. The molecular formula is C10H20NO+. The van der Waals surface area contributed by atoms with Gasteiger partial charge in [-0.05, 0) is 26.3 Å². The third kappa shape index (κ3) is 2.45. The monoisotopic (exact) mass is 170 g/mol. The van der Waals surface area contributed by atoms with Crippen LogP contribution < -0.4 is 0 Å². The molecule has 0 fully saturated rings. The second-order valence-electron chi connectivity index (χ2n) is 3.92. The van der Waals surface area contributed by atoms with Crippen LogP contribution >= 0.6 is 0 Å². The Morgan fingerprint density at radius 2 is 1.92 bits per heavy atom. The summed E-state index contributed by atoms with van der Waals surface area (Å²) in [5, 5.41) is 0. The van der Waals surface area contributed by atoms with Crippen LogP contribution in [0.4, 0.5) is 0 Å². The lowest BCUT2D eigenvalue weighted by molar-refractivity contribution is -0.901. The Kier molecular flexibility index (Phi) is 3.65. The molecule has 0 saturated heterocycles. The molecule has 70 valence electrons. The first-order chi connectivity index (χ1) is 5.33. The van der Waals surface area contributed by atoms with Crippen molar-refractivity contribution in [2.75, 3.05) is 20.6 Å². The number of likely N-dealkylation sites (N-methyl/N-ethyl adjacent to an activating group) is 1. The average molecular weight is 170 g/mol. The van der Waals surface area contributed by atoms with E-state index in [4.69, 9.17) is 0 Å². The Labute approximate surface area is 75.5 Å². The number of nitrogens with zero attached hydrogens (tertiary/aromatic N) is 1. The van der Waals surface area contributed by atoms with Crippen LogP contribution in [0, 0.1) is 0 Å². The van der Waals surface area contributed by atoms with Crippen molar-refractivity contribution in [2.45, 2.75) is 26.8 Å². The van der Waals surface area contributed by atoms with E-state index in [0.717, 1.165) is 11.0 Å². The lowest BCUT2D eigenvalue weighted by atomic mass is 10.1. The van der Waals surface area contributed by atoms with E-state index < -0.39 is 0 Å². The first-order valence-corrected chi connectivity index (χ1v) is 4.35. The van der Waals surface area contributed by atoms with Gasteiger partial charge in [-0.1, -0.05) is 6.58 Å². The highest BCUT2D eigenvalue weighted by molar-refractivity contribution is 5.97. The molecule has 0 aromatic carbocycles. The maximum atomic E-state index is 11.5. The summed E-state index contributed by atoms with van der Waals surface area (Å²) in [4.78, 5) is 11.5. The zero-order chi connectivity index (χ0) is 9.94. The van der Waals surface area contributed by atoms with Crippen molar-refractivity contribution in [2.24, 2.45) is 0 Å². The molecule has 0 spiro atoms. The van der Waals surface area contributed by atoms with E-state index in [9.17, 15) is 4.79 Å². The molecule has 0 aliphatic heterocycles. The number of quaternary nitrogens is 1. The summed E-state index contributed by atoms with van der Waals surface area (Å²) in [6.07, 6.45) is 0. The van der Waals surface area contributed by atoms with Gasteiger partial charge in [-0.2, -0.15) is 0 Å². The fourth-order valence-electron chi connectivity index (χ4n) is 0.948. The van der Waals surface area contributed by atoms with Crippen molar-refractivity contribution in [1.29, 1.82) is 0 Å². The number of ketones is 1. The molecule has 0 bridgehead atoms. The fraction of sp³-hybridized carbons (Fsp3) is 0.700. The van der Waals surface area contributed by atoms with Crippen molar-refractivity contribution in [1.82, 2.24) is 0 Å². The van der Waals surface area contributed by atoms with Crippen LogP contribution in [0.1, 0.15) is 20.8 Å². The molecule has 0 radical (unpaired) electrons. The summed E-state index contributed by atoms with van der Waals surface area (Å²) in [6, 6.07) is 0.0208. The van der Waals surface area contributed by atoms with Crippen LogP contribution in [-0.4, -0.2) is 36.9 Å². The number of hydrogen-bond acceptors (Lipinski definition) is 1. The number of carbonyl (C=O) groups excluding carboxylic acids is 1. The van der Waals surface area contributed by atoms with E-state index >= 15 is 0 Å². The Bertz CT molecular complexity index is 194. The van der Waals surface area contributed by atoms with Crippen molar-refractivity contribution in [3.8, 4) is 0 Å². The van der Waals surface area contributed by atoms with Crippen molar-refractivity contribution in [3.63, 3.8) is 0 Å². The largest absolute Gasteiger partial charge is 0.320 e. The zero-order valence-electron chi connectivity index (χ0n) is 8.85. The maximum Gasteiger partial charge on any atom is 0.214 e. The SMILES string of the molecule is C=C(C)C(=O)C(C)[N+](C)(C)CC. The predicted octanol–water partition coefficient (Wildman–Crippen LogP) is 1.62. The number of carbonyl (C=O) groups is 1. The van der Waals surface area contributed by atoms with Crippen LogP contribution in [0.3, 0.4) is 0 Å². The van der Waals surface area contributed by atoms with Crippen molar-refractivity contribution in [3.05, 3.63) is 12.2 Å². The first kappa shape index (κ1) is 11.4. The van der Waals surface area contributed by atoms with Crippen LogP contribution in [0.25, 0.3) is 0 Å². The van der Waals surface area contributed by atoms with Gasteiger partial charge >= 0.3 is 0 Å². The zero-order valence-corrected chi connectivity index (χ0v) is 8.85. The molecule has 0 aliphatic rings. The van der Waals surface area contributed by atoms with Crippen molar-refractivity contribution >= 4 is 5.78 Å². The molecule has 1 unspecified atom stereocenters. The van der Waals surface area contributed by atoms with Crippen LogP contribution in [0.5, 0.6) is 0 Å². The fourth-order valence-corrected chi connectivity index (χ4v) is 0.948. The molecule has 1 atom stereocenters. The molecule has 0 aliphatic carbocycles. The van der Waals surface area contributed by atoms with Gasteiger partial charge in [-0.25, -0.2) is 0 Å². The average Bonchev–Trinajstić information content (AvgIpc) is 2.01. The van der Waals surface area contributed by atoms with Crippen LogP contribution in [0.2, 0.25) is 0 Å². The van der Waals surface area contributed by atoms with E-state index in [1.807, 2.05) is 6.92 Å². The van der Waals surface area contributed by atoms with Gasteiger partial charge in [0, 0.05) is 0 Å². The van der Waals surface area contributed by atoms with Gasteiger partial charge < -0.3 is 4.48 Å². The molecule has 0 rings (SSSR count). The molecule has 0 saturated carbocycles. The van der Waals surface area contributed by atoms with Gasteiger partial charge in [0.1, 0.15) is 6.04 Å². The highest BCUT2D eigenvalue weighted by Crippen LogP contribution is 2.10. The predicted molar refractivity (Wildman–Crippen MR) is 51.9 cm³/mol. The topological polar surface area (TPSA) is 17.1 Å². The lowest BCUT2D eigenvalue weighted by Crippen LogP contribution is -2.51. The van der Waals surface area contributed by atoms with Gasteiger partial charge in [-0.15, -0.1) is 0 Å². The Morgan fingerprint density at radius 3 is 2.17 bits per heavy atom. The van der Waals surface area contributed by atoms with Gasteiger partial charge in [0.05, 0.1) is 20.6 Å². The second kappa shape index (κ2) is 3.85. The van der Waals surface area contributed by atoms with Gasteiger partial charge in [-0.3, -0.25) is 4.79 Å². The number of hydrogen-bond donors (Lipinski definition) is 0. The van der Waals surface area contributed by atoms with Gasteiger partial charge in [0.25, 0.3) is 0 Å². The number of rotatable bonds is 4. The Morgan fingerprint density at radius 1 is 1.50 bits per heavy atom. The Hall–Kier alpha value is -0.630. The number of Topliss-reactive ketones (excluding diaryl/α,β-unsaturated/α-hetero) is 1. The molecule has 12 heavy (non-hydrogen) atoms. The van der Waals surface area contributed by atoms with E-state index in [1.54, 1.807) is 6.92 Å². The molecule has 0 aromatic rings. The quantitative estimate of drug-likeness (QED) is 0.463. The third-order valence-electron chi connectivity index (χ3n) is 2.66. The highest BCUT2D eigenvalue weighted by Gasteiger charge is 2.28. The normalized spacial score (nSPS) is 14.1. The summed E-state index contributed by atoms with van der Waals surface area (Å²) in [5.41, 5.74) is 0.655. The minimum absolute atomic E-state index is 0.0208. The van der Waals surface area contributed by atoms with Gasteiger partial charge in [0.2, 0.25) is 5.78 Å². The molecule has 0 heterocycles. The maximum absolute atomic E-state index is 11.5. The summed E-state index contributed by atoms with van der Waals surface area (Å²) >= 11 is 0. The van der Waals surface area contributed by atoms with E-state index in [-0.39, 0.29) is 11.8 Å². The van der Waals surface area contributed by atoms with Crippen LogP contribution in [0.15, 0.2) is 12.2 Å². The standard InChI is InChI=1S/C10H20NO/c1-7-11(5,6)9(4)10(12)8(2)3/h9H,2,7H2,1,3-6H3/q+1. The summed E-state index contributed by atoms with van der Waals surface area (Å²) in [7, 11) is 4.12. The summed E-state index contributed by atoms with van der Waals surface area (Å²) < 4.78 is 0.728. The second-order valence-corrected chi connectivity index (χ2v) is 3.92. The van der Waals surface area contributed by atoms with Crippen molar-refractivity contribution < 1.29 is 9.28 Å². The smallest absolute Gasteiger partial charge is 0.214 e. The molecule has 2 heteroatoms. The minimum atomic E-state index is 0.0208. The molecule has 0 N–H and O–H groups in total. The molecular weight excluding hydrogens is 150 g/mol. The molecule has 2 nitrogen and oxygen atoms in total. The first-order valence-electron chi connectivity index (χ1n) is 4.35. The van der Waals surface area contributed by atoms with Gasteiger partial charge in [0.15, 0.2) is 0 Å². The minimum Gasteiger partial charge on any atom is -0.320 e. The van der Waals surface area contributed by atoms with E-state index in [0.29, 0.717) is 5.57 Å². The lowest BCUT2D eigenvalue weighted by Gasteiger charge is -2.33. The van der Waals surface area contributed by atoms with E-state index in [2.05, 4.69) is 27.6 Å². The summed E-state index contributed by atoms with van der Waals surface area (Å²) in [5.74, 6) is 0.168. The van der Waals surface area contributed by atoms with Crippen LogP contribution in [-0.2, 0) is 4.79 Å². The Balaban J connectivity index is 4.49. The van der Waals surface area contributed by atoms with E-state index in [1.165, 1.54) is 0 Å². The summed E-state index contributed by atoms with van der Waals surface area (Å²) in [6.45, 7) is 10.4.